The zero-order chi connectivity index (χ0) is 27.2. The number of anilines is 3. The number of benzene rings is 4. The highest BCUT2D eigenvalue weighted by atomic mass is 16.5. The predicted octanol–water partition coefficient (Wildman–Crippen LogP) is 9.32. The molecule has 4 aromatic carbocycles. The number of rotatable bonds is 4. The summed E-state index contributed by atoms with van der Waals surface area (Å²) in [4.78, 5) is 11.4. The lowest BCUT2D eigenvalue weighted by molar-refractivity contribution is 0.463. The molecular formula is C36H24N4O. The smallest absolute Gasteiger partial charge is 0.219 e. The highest BCUT2D eigenvalue weighted by molar-refractivity contribution is 6.09. The van der Waals surface area contributed by atoms with Crippen molar-refractivity contribution in [3.63, 3.8) is 0 Å². The lowest BCUT2D eigenvalue weighted by Gasteiger charge is -2.26. The maximum atomic E-state index is 6.14. The molecule has 0 spiro atoms. The second kappa shape index (κ2) is 9.50. The largest absolute Gasteiger partial charge is 0.439 e. The first kappa shape index (κ1) is 23.2. The number of aromatic nitrogens is 3. The molecule has 8 rings (SSSR count). The summed E-state index contributed by atoms with van der Waals surface area (Å²) in [5, 5.41) is 2.35. The van der Waals surface area contributed by atoms with Crippen molar-refractivity contribution in [1.29, 1.82) is 0 Å². The quantitative estimate of drug-likeness (QED) is 0.228. The van der Waals surface area contributed by atoms with Crippen molar-refractivity contribution < 1.29 is 4.74 Å². The number of para-hydroxylation sites is 2. The Bertz CT molecular complexity index is 2050. The predicted molar refractivity (Wildman–Crippen MR) is 166 cm³/mol. The van der Waals surface area contributed by atoms with Gasteiger partial charge in [0.1, 0.15) is 11.6 Å². The van der Waals surface area contributed by atoms with E-state index in [0.717, 1.165) is 56.2 Å². The Hall–Kier alpha value is -5.68. The molecule has 5 nitrogen and oxygen atoms in total. The van der Waals surface area contributed by atoms with Gasteiger partial charge in [-0.25, -0.2) is 9.97 Å². The maximum Gasteiger partial charge on any atom is 0.219 e. The van der Waals surface area contributed by atoms with Crippen LogP contribution in [0.5, 0.6) is 11.6 Å². The Morgan fingerprint density at radius 2 is 1.32 bits per heavy atom. The molecule has 1 aliphatic heterocycles. The molecule has 41 heavy (non-hydrogen) atoms. The van der Waals surface area contributed by atoms with Crippen LogP contribution in [0.2, 0.25) is 0 Å². The highest BCUT2D eigenvalue weighted by Crippen LogP contribution is 2.42. The van der Waals surface area contributed by atoms with Crippen LogP contribution in [0.4, 0.5) is 17.2 Å². The minimum Gasteiger partial charge on any atom is -0.439 e. The molecule has 7 aromatic rings. The van der Waals surface area contributed by atoms with Crippen LogP contribution in [-0.4, -0.2) is 14.5 Å². The van der Waals surface area contributed by atoms with Crippen LogP contribution in [0.15, 0.2) is 134 Å². The van der Waals surface area contributed by atoms with Gasteiger partial charge in [-0.1, -0.05) is 60.7 Å². The fraction of sp³-hybridized carbons (Fsp3) is 0. The van der Waals surface area contributed by atoms with Crippen molar-refractivity contribution in [2.24, 2.45) is 0 Å². The molecule has 0 unspecified atom stereocenters. The van der Waals surface area contributed by atoms with Crippen LogP contribution in [0.3, 0.4) is 0 Å². The average molecular weight is 529 g/mol. The Kier molecular flexibility index (Phi) is 5.38. The van der Waals surface area contributed by atoms with Crippen LogP contribution in [0, 0.1) is 0 Å². The molecule has 0 saturated heterocycles. The van der Waals surface area contributed by atoms with Crippen molar-refractivity contribution in [2.45, 2.75) is 0 Å². The first-order valence-electron chi connectivity index (χ1n) is 13.6. The molecule has 0 amide bonds. The standard InChI is InChI=1S/C36H24N4O/c1-3-14-32-25(9-1)17-18-26-10-8-22-38-36(26)40(32)28-12-7-11-27(23-28)39-33-15-4-2-13-30(33)31-20-19-29(24-34(31)39)41-35-16-5-6-21-37-35/h1-24H. The van der Waals surface area contributed by atoms with Crippen LogP contribution in [0.25, 0.3) is 39.6 Å². The summed E-state index contributed by atoms with van der Waals surface area (Å²) in [5.41, 5.74) is 7.58. The Morgan fingerprint density at radius 1 is 0.537 bits per heavy atom. The number of hydrogen-bond acceptors (Lipinski definition) is 4. The van der Waals surface area contributed by atoms with E-state index in [1.165, 1.54) is 5.39 Å². The molecule has 5 heteroatoms. The average Bonchev–Trinajstić information content (AvgIpc) is 3.25. The first-order chi connectivity index (χ1) is 20.3. The normalized spacial score (nSPS) is 12.2. The van der Waals surface area contributed by atoms with Gasteiger partial charge in [0.15, 0.2) is 0 Å². The van der Waals surface area contributed by atoms with Gasteiger partial charge in [-0.3, -0.25) is 4.90 Å². The molecule has 0 fully saturated rings. The second-order valence-electron chi connectivity index (χ2n) is 9.97. The molecule has 0 aliphatic carbocycles. The van der Waals surface area contributed by atoms with E-state index in [1.807, 2.05) is 36.5 Å². The minimum absolute atomic E-state index is 0.566. The molecule has 3 aromatic heterocycles. The van der Waals surface area contributed by atoms with Crippen molar-refractivity contribution in [2.75, 3.05) is 4.90 Å². The van der Waals surface area contributed by atoms with Crippen molar-refractivity contribution in [3.05, 3.63) is 145 Å². The SMILES string of the molecule is C1=Cc2cccnc2N(c2cccc(-n3c4ccccc4c4ccc(Oc5ccccn5)cc43)c2)c2ccccc21. The van der Waals surface area contributed by atoms with E-state index in [2.05, 4.69) is 118 Å². The topological polar surface area (TPSA) is 43.2 Å². The molecule has 0 radical (unpaired) electrons. The summed E-state index contributed by atoms with van der Waals surface area (Å²) in [6, 6.07) is 41.6. The summed E-state index contributed by atoms with van der Waals surface area (Å²) in [5.74, 6) is 2.21. The zero-order valence-corrected chi connectivity index (χ0v) is 22.1. The van der Waals surface area contributed by atoms with E-state index < -0.39 is 0 Å². The Balaban J connectivity index is 1.33. The lowest BCUT2D eigenvalue weighted by atomic mass is 10.1. The van der Waals surface area contributed by atoms with Crippen LogP contribution < -0.4 is 9.64 Å². The van der Waals surface area contributed by atoms with Gasteiger partial charge in [0.2, 0.25) is 5.88 Å². The van der Waals surface area contributed by atoms with E-state index in [-0.39, 0.29) is 0 Å². The van der Waals surface area contributed by atoms with Gasteiger partial charge < -0.3 is 9.30 Å². The van der Waals surface area contributed by atoms with E-state index >= 15 is 0 Å². The number of hydrogen-bond donors (Lipinski definition) is 0. The number of ether oxygens (including phenoxy) is 1. The third kappa shape index (κ3) is 3.95. The van der Waals surface area contributed by atoms with Gasteiger partial charge in [0.05, 0.1) is 16.7 Å². The summed E-state index contributed by atoms with van der Waals surface area (Å²) < 4.78 is 8.44. The molecule has 0 N–H and O–H groups in total. The van der Waals surface area contributed by atoms with Crippen LogP contribution in [0.1, 0.15) is 11.1 Å². The maximum absolute atomic E-state index is 6.14. The van der Waals surface area contributed by atoms with Gasteiger partial charge in [-0.05, 0) is 66.2 Å². The van der Waals surface area contributed by atoms with Crippen molar-refractivity contribution in [3.8, 4) is 17.3 Å². The second-order valence-corrected chi connectivity index (χ2v) is 9.97. The third-order valence-electron chi connectivity index (χ3n) is 7.50. The van der Waals surface area contributed by atoms with Crippen LogP contribution in [-0.2, 0) is 0 Å². The fourth-order valence-corrected chi connectivity index (χ4v) is 5.70. The number of pyridine rings is 2. The summed E-state index contributed by atoms with van der Waals surface area (Å²) in [7, 11) is 0. The molecule has 1 aliphatic rings. The van der Waals surface area contributed by atoms with E-state index in [9.17, 15) is 0 Å². The van der Waals surface area contributed by atoms with E-state index in [4.69, 9.17) is 9.72 Å². The molecule has 0 atom stereocenters. The Labute approximate surface area is 237 Å². The first-order valence-corrected chi connectivity index (χ1v) is 13.6. The molecule has 0 bridgehead atoms. The van der Waals surface area contributed by atoms with E-state index in [0.29, 0.717) is 5.88 Å². The minimum atomic E-state index is 0.566. The molecular weight excluding hydrogens is 504 g/mol. The zero-order valence-electron chi connectivity index (χ0n) is 22.1. The number of nitrogens with zero attached hydrogens (tertiary/aromatic N) is 4. The number of fused-ring (bicyclic) bond motifs is 5. The fourth-order valence-electron chi connectivity index (χ4n) is 5.70. The van der Waals surface area contributed by atoms with Gasteiger partial charge in [0.25, 0.3) is 0 Å². The van der Waals surface area contributed by atoms with Gasteiger partial charge >= 0.3 is 0 Å². The van der Waals surface area contributed by atoms with Crippen molar-refractivity contribution in [1.82, 2.24) is 14.5 Å². The summed E-state index contributed by atoms with van der Waals surface area (Å²) in [6.45, 7) is 0. The lowest BCUT2D eigenvalue weighted by Crippen LogP contribution is -2.13. The third-order valence-corrected chi connectivity index (χ3v) is 7.50. The molecule has 0 saturated carbocycles. The molecule has 194 valence electrons. The Morgan fingerprint density at radius 3 is 2.27 bits per heavy atom. The van der Waals surface area contributed by atoms with Gasteiger partial charge in [-0.15, -0.1) is 0 Å². The monoisotopic (exact) mass is 528 g/mol. The summed E-state index contributed by atoms with van der Waals surface area (Å²) >= 11 is 0. The van der Waals surface area contributed by atoms with Crippen LogP contribution >= 0.6 is 0 Å². The highest BCUT2D eigenvalue weighted by Gasteiger charge is 2.22. The molecule has 4 heterocycles. The van der Waals surface area contributed by atoms with Gasteiger partial charge in [-0.2, -0.15) is 0 Å². The van der Waals surface area contributed by atoms with Crippen molar-refractivity contribution >= 4 is 51.2 Å². The summed E-state index contributed by atoms with van der Waals surface area (Å²) in [6.07, 6.45) is 7.89. The van der Waals surface area contributed by atoms with Gasteiger partial charge in [0, 0.05) is 52.2 Å². The van der Waals surface area contributed by atoms with E-state index in [1.54, 1.807) is 6.20 Å².